The van der Waals surface area contributed by atoms with Crippen molar-refractivity contribution in [2.45, 2.75) is 6.92 Å². The van der Waals surface area contributed by atoms with Crippen LogP contribution in [0.15, 0.2) is 46.9 Å². The van der Waals surface area contributed by atoms with E-state index >= 15 is 0 Å². The maximum absolute atomic E-state index is 13.6. The topological polar surface area (TPSA) is 50.4 Å². The third-order valence-corrected chi connectivity index (χ3v) is 3.23. The molecule has 0 aliphatic carbocycles. The van der Waals surface area contributed by atoms with Crippen molar-refractivity contribution < 1.29 is 18.7 Å². The summed E-state index contributed by atoms with van der Waals surface area (Å²) in [5.41, 5.74) is 1.95. The van der Waals surface area contributed by atoms with Crippen LogP contribution in [0, 0.1) is 12.7 Å². The molecule has 100 valence electrons. The molecule has 2 aromatic carbocycles. The predicted octanol–water partition coefficient (Wildman–Crippen LogP) is 4.25. The summed E-state index contributed by atoms with van der Waals surface area (Å²) in [7, 11) is 0. The summed E-state index contributed by atoms with van der Waals surface area (Å²) in [4.78, 5) is 10.9. The summed E-state index contributed by atoms with van der Waals surface area (Å²) in [6, 6.07) is 11.2. The van der Waals surface area contributed by atoms with E-state index in [9.17, 15) is 9.18 Å². The van der Waals surface area contributed by atoms with Gasteiger partial charge in [0.2, 0.25) is 0 Å². The van der Waals surface area contributed by atoms with Crippen molar-refractivity contribution in [1.82, 2.24) is 0 Å². The molecule has 3 rings (SSSR count). The molecule has 0 radical (unpaired) electrons. The SMILES string of the molecule is Cc1cc(C(=O)O)ccc1-c1cc2cccc(F)c2o1. The number of carboxylic acid groups (broad SMARTS) is 1. The van der Waals surface area contributed by atoms with Crippen LogP contribution in [-0.2, 0) is 0 Å². The third-order valence-electron chi connectivity index (χ3n) is 3.23. The molecule has 0 saturated carbocycles. The van der Waals surface area contributed by atoms with Gasteiger partial charge < -0.3 is 9.52 Å². The number of rotatable bonds is 2. The number of aromatic carboxylic acids is 1. The number of fused-ring (bicyclic) bond motifs is 1. The molecule has 4 heteroatoms. The predicted molar refractivity (Wildman–Crippen MR) is 73.3 cm³/mol. The Balaban J connectivity index is 2.16. The van der Waals surface area contributed by atoms with Gasteiger partial charge in [0.05, 0.1) is 5.56 Å². The molecular weight excluding hydrogens is 259 g/mol. The molecule has 0 spiro atoms. The molecule has 20 heavy (non-hydrogen) atoms. The van der Waals surface area contributed by atoms with Crippen molar-refractivity contribution in [2.24, 2.45) is 0 Å². The van der Waals surface area contributed by atoms with Crippen molar-refractivity contribution in [3.63, 3.8) is 0 Å². The highest BCUT2D eigenvalue weighted by Gasteiger charge is 2.13. The lowest BCUT2D eigenvalue weighted by atomic mass is 10.0. The molecule has 0 atom stereocenters. The first-order valence-corrected chi connectivity index (χ1v) is 6.08. The lowest BCUT2D eigenvalue weighted by Gasteiger charge is -2.03. The highest BCUT2D eigenvalue weighted by molar-refractivity contribution is 5.89. The van der Waals surface area contributed by atoms with Crippen LogP contribution in [0.1, 0.15) is 15.9 Å². The molecule has 1 N–H and O–H groups in total. The number of hydrogen-bond acceptors (Lipinski definition) is 2. The molecule has 0 bridgehead atoms. The summed E-state index contributed by atoms with van der Waals surface area (Å²) in [6.07, 6.45) is 0. The Morgan fingerprint density at radius 1 is 1.20 bits per heavy atom. The van der Waals surface area contributed by atoms with Crippen LogP contribution in [0.3, 0.4) is 0 Å². The monoisotopic (exact) mass is 270 g/mol. The Morgan fingerprint density at radius 2 is 2.00 bits per heavy atom. The van der Waals surface area contributed by atoms with Gasteiger partial charge in [-0.2, -0.15) is 0 Å². The minimum atomic E-state index is -0.977. The first kappa shape index (κ1) is 12.4. The van der Waals surface area contributed by atoms with E-state index in [0.717, 1.165) is 11.1 Å². The first-order valence-electron chi connectivity index (χ1n) is 6.08. The second kappa shape index (κ2) is 4.49. The fraction of sp³-hybridized carbons (Fsp3) is 0.0625. The van der Waals surface area contributed by atoms with Gasteiger partial charge in [-0.3, -0.25) is 0 Å². The van der Waals surface area contributed by atoms with Crippen LogP contribution in [0.25, 0.3) is 22.3 Å². The molecule has 3 aromatic rings. The van der Waals surface area contributed by atoms with Crippen molar-refractivity contribution in [2.75, 3.05) is 0 Å². The van der Waals surface area contributed by atoms with E-state index in [0.29, 0.717) is 11.1 Å². The molecule has 0 unspecified atom stereocenters. The Labute approximate surface area is 114 Å². The smallest absolute Gasteiger partial charge is 0.335 e. The summed E-state index contributed by atoms with van der Waals surface area (Å²) in [5.74, 6) is -0.858. The number of carbonyl (C=O) groups is 1. The van der Waals surface area contributed by atoms with Crippen molar-refractivity contribution in [3.8, 4) is 11.3 Å². The molecule has 0 fully saturated rings. The standard InChI is InChI=1S/C16H11FO3/c1-9-7-11(16(18)19)5-6-12(9)14-8-10-3-2-4-13(17)15(10)20-14/h2-8H,1H3,(H,18,19). The van der Waals surface area contributed by atoms with E-state index in [-0.39, 0.29) is 11.1 Å². The molecular formula is C16H11FO3. The van der Waals surface area contributed by atoms with Crippen molar-refractivity contribution in [1.29, 1.82) is 0 Å². The lowest BCUT2D eigenvalue weighted by Crippen LogP contribution is -1.96. The second-order valence-corrected chi connectivity index (χ2v) is 4.60. The zero-order chi connectivity index (χ0) is 14.3. The van der Waals surface area contributed by atoms with Gasteiger partial charge in [-0.05, 0) is 36.8 Å². The zero-order valence-corrected chi connectivity index (χ0v) is 10.7. The van der Waals surface area contributed by atoms with E-state index in [1.807, 2.05) is 0 Å². The Hall–Kier alpha value is -2.62. The van der Waals surface area contributed by atoms with E-state index in [1.54, 1.807) is 37.3 Å². The van der Waals surface area contributed by atoms with Crippen LogP contribution >= 0.6 is 0 Å². The van der Waals surface area contributed by atoms with Gasteiger partial charge in [0.1, 0.15) is 5.76 Å². The van der Waals surface area contributed by atoms with Gasteiger partial charge in [0, 0.05) is 10.9 Å². The maximum Gasteiger partial charge on any atom is 0.335 e. The summed E-state index contributed by atoms with van der Waals surface area (Å²) in [5, 5.41) is 9.63. The highest BCUT2D eigenvalue weighted by Crippen LogP contribution is 2.31. The van der Waals surface area contributed by atoms with E-state index < -0.39 is 11.8 Å². The first-order chi connectivity index (χ1) is 9.56. The molecule has 0 aliphatic rings. The zero-order valence-electron chi connectivity index (χ0n) is 10.7. The summed E-state index contributed by atoms with van der Waals surface area (Å²) in [6.45, 7) is 1.80. The quantitative estimate of drug-likeness (QED) is 0.757. The Bertz CT molecular complexity index is 818. The number of hydrogen-bond donors (Lipinski definition) is 1. The number of benzene rings is 2. The molecule has 0 saturated heterocycles. The number of furan rings is 1. The fourth-order valence-electron chi connectivity index (χ4n) is 2.23. The van der Waals surface area contributed by atoms with Crippen molar-refractivity contribution >= 4 is 16.9 Å². The van der Waals surface area contributed by atoms with Gasteiger partial charge >= 0.3 is 5.97 Å². The number of halogens is 1. The molecule has 0 amide bonds. The average Bonchev–Trinajstić information content (AvgIpc) is 2.83. The van der Waals surface area contributed by atoms with Crippen LogP contribution in [-0.4, -0.2) is 11.1 Å². The van der Waals surface area contributed by atoms with Gasteiger partial charge in [-0.25, -0.2) is 9.18 Å². The minimum absolute atomic E-state index is 0.212. The number of carboxylic acids is 1. The van der Waals surface area contributed by atoms with Crippen LogP contribution in [0.2, 0.25) is 0 Å². The van der Waals surface area contributed by atoms with Gasteiger partial charge in [-0.1, -0.05) is 18.2 Å². The normalized spacial score (nSPS) is 10.9. The van der Waals surface area contributed by atoms with Crippen molar-refractivity contribution in [3.05, 3.63) is 59.4 Å². The highest BCUT2D eigenvalue weighted by atomic mass is 19.1. The van der Waals surface area contributed by atoms with E-state index in [1.165, 1.54) is 12.1 Å². The van der Waals surface area contributed by atoms with E-state index in [4.69, 9.17) is 9.52 Å². The van der Waals surface area contributed by atoms with Crippen LogP contribution in [0.4, 0.5) is 4.39 Å². The van der Waals surface area contributed by atoms with Gasteiger partial charge in [0.15, 0.2) is 11.4 Å². The van der Waals surface area contributed by atoms with Crippen LogP contribution < -0.4 is 0 Å². The van der Waals surface area contributed by atoms with Gasteiger partial charge in [-0.15, -0.1) is 0 Å². The summed E-state index contributed by atoms with van der Waals surface area (Å²) >= 11 is 0. The molecule has 1 heterocycles. The largest absolute Gasteiger partial charge is 0.478 e. The van der Waals surface area contributed by atoms with Gasteiger partial charge in [0.25, 0.3) is 0 Å². The maximum atomic E-state index is 13.6. The number of aryl methyl sites for hydroxylation is 1. The third kappa shape index (κ3) is 1.95. The lowest BCUT2D eigenvalue weighted by molar-refractivity contribution is 0.0697. The second-order valence-electron chi connectivity index (χ2n) is 4.60. The summed E-state index contributed by atoms with van der Waals surface area (Å²) < 4.78 is 19.2. The average molecular weight is 270 g/mol. The minimum Gasteiger partial charge on any atom is -0.478 e. The molecule has 3 nitrogen and oxygen atoms in total. The number of para-hydroxylation sites is 1. The van der Waals surface area contributed by atoms with Crippen LogP contribution in [0.5, 0.6) is 0 Å². The molecule has 1 aromatic heterocycles. The Kier molecular flexibility index (Phi) is 2.79. The Morgan fingerprint density at radius 3 is 2.65 bits per heavy atom. The van der Waals surface area contributed by atoms with E-state index in [2.05, 4.69) is 0 Å². The molecule has 0 aliphatic heterocycles. The fourth-order valence-corrected chi connectivity index (χ4v) is 2.23.